The molecule has 0 N–H and O–H groups in total. The summed E-state index contributed by atoms with van der Waals surface area (Å²) < 4.78 is 0. The fourth-order valence-corrected chi connectivity index (χ4v) is 1.83. The molecule has 1 aliphatic carbocycles. The quantitative estimate of drug-likeness (QED) is 0.566. The van der Waals surface area contributed by atoms with Crippen LogP contribution in [0.5, 0.6) is 0 Å². The maximum absolute atomic E-state index is 2.26. The van der Waals surface area contributed by atoms with Gasteiger partial charge in [0, 0.05) is 0 Å². The van der Waals surface area contributed by atoms with Crippen molar-refractivity contribution in [1.29, 1.82) is 0 Å². The minimum absolute atomic E-state index is 0.875. The van der Waals surface area contributed by atoms with Gasteiger partial charge in [0.25, 0.3) is 0 Å². The van der Waals surface area contributed by atoms with Crippen molar-refractivity contribution in [2.24, 2.45) is 11.8 Å². The second-order valence-electron chi connectivity index (χ2n) is 4.79. The van der Waals surface area contributed by atoms with Crippen molar-refractivity contribution in [3.8, 4) is 0 Å². The monoisotopic (exact) mass is 170 g/mol. The minimum atomic E-state index is 0.875. The first-order chi connectivity index (χ1) is 5.63. The summed E-state index contributed by atoms with van der Waals surface area (Å²) in [5, 5.41) is 0. The van der Waals surface area contributed by atoms with Gasteiger partial charge in [-0.1, -0.05) is 59.8 Å². The van der Waals surface area contributed by atoms with Gasteiger partial charge in [-0.05, 0) is 18.3 Å². The largest absolute Gasteiger partial charge is 0.0628 e. The fraction of sp³-hybridized carbons (Fsp3) is 1.00. The van der Waals surface area contributed by atoms with Crippen LogP contribution in [0.3, 0.4) is 0 Å². The normalized spacial score (nSPS) is 16.5. The first kappa shape index (κ1) is 12.0. The SMILES string of the molecule is C1CCCC1.CC(C)CC(C)C. The Morgan fingerprint density at radius 3 is 1.00 bits per heavy atom. The van der Waals surface area contributed by atoms with Gasteiger partial charge < -0.3 is 0 Å². The molecular formula is C12H26. The molecule has 0 aromatic heterocycles. The molecule has 0 amide bonds. The first-order valence-electron chi connectivity index (χ1n) is 5.63. The summed E-state index contributed by atoms with van der Waals surface area (Å²) in [4.78, 5) is 0. The summed E-state index contributed by atoms with van der Waals surface area (Å²) in [6.45, 7) is 9.06. The average Bonchev–Trinajstić information content (AvgIpc) is 2.36. The lowest BCUT2D eigenvalue weighted by molar-refractivity contribution is 0.469. The van der Waals surface area contributed by atoms with Crippen LogP contribution in [0.1, 0.15) is 66.2 Å². The number of hydrogen-bond donors (Lipinski definition) is 0. The Balaban J connectivity index is 0.000000211. The van der Waals surface area contributed by atoms with E-state index in [0.717, 1.165) is 11.8 Å². The Bertz CT molecular complexity index is 64.4. The lowest BCUT2D eigenvalue weighted by Gasteiger charge is -2.05. The van der Waals surface area contributed by atoms with Crippen molar-refractivity contribution in [1.82, 2.24) is 0 Å². The molecule has 0 spiro atoms. The van der Waals surface area contributed by atoms with Crippen LogP contribution in [0.25, 0.3) is 0 Å². The molecule has 0 aromatic carbocycles. The summed E-state index contributed by atoms with van der Waals surface area (Å²) in [6, 6.07) is 0. The molecule has 0 heteroatoms. The predicted molar refractivity (Wildman–Crippen MR) is 57.4 cm³/mol. The zero-order valence-electron chi connectivity index (χ0n) is 9.40. The van der Waals surface area contributed by atoms with Crippen LogP contribution in [0.4, 0.5) is 0 Å². The Morgan fingerprint density at radius 2 is 0.917 bits per heavy atom. The molecule has 74 valence electrons. The lowest BCUT2D eigenvalue weighted by Crippen LogP contribution is -1.93. The molecule has 0 saturated heterocycles. The third-order valence-corrected chi connectivity index (χ3v) is 2.19. The van der Waals surface area contributed by atoms with Crippen molar-refractivity contribution < 1.29 is 0 Å². The zero-order chi connectivity index (χ0) is 9.40. The van der Waals surface area contributed by atoms with E-state index >= 15 is 0 Å². The van der Waals surface area contributed by atoms with Gasteiger partial charge in [-0.2, -0.15) is 0 Å². The standard InChI is InChI=1S/C7H16.C5H10/c1-6(2)5-7(3)4;1-2-4-5-3-1/h6-7H,5H2,1-4H3;1-5H2. The van der Waals surface area contributed by atoms with E-state index in [0.29, 0.717) is 0 Å². The highest BCUT2D eigenvalue weighted by molar-refractivity contribution is 4.51. The van der Waals surface area contributed by atoms with Crippen molar-refractivity contribution in [3.63, 3.8) is 0 Å². The van der Waals surface area contributed by atoms with Crippen molar-refractivity contribution in [3.05, 3.63) is 0 Å². The van der Waals surface area contributed by atoms with Crippen LogP contribution in [0.2, 0.25) is 0 Å². The summed E-state index contributed by atoms with van der Waals surface area (Å²) in [5.74, 6) is 1.75. The minimum Gasteiger partial charge on any atom is -0.0628 e. The average molecular weight is 170 g/mol. The fourth-order valence-electron chi connectivity index (χ4n) is 1.83. The van der Waals surface area contributed by atoms with E-state index in [-0.39, 0.29) is 0 Å². The Kier molecular flexibility index (Phi) is 7.64. The van der Waals surface area contributed by atoms with Crippen molar-refractivity contribution >= 4 is 0 Å². The molecule has 0 aromatic rings. The second-order valence-corrected chi connectivity index (χ2v) is 4.79. The third kappa shape index (κ3) is 10.0. The van der Waals surface area contributed by atoms with E-state index in [1.165, 1.54) is 38.5 Å². The highest BCUT2D eigenvalue weighted by Gasteiger charge is 1.96. The predicted octanol–water partition coefficient (Wildman–Crippen LogP) is 4.64. The Hall–Kier alpha value is 0. The molecule has 0 radical (unpaired) electrons. The molecule has 1 rings (SSSR count). The van der Waals surface area contributed by atoms with E-state index in [9.17, 15) is 0 Å². The summed E-state index contributed by atoms with van der Waals surface area (Å²) in [5.41, 5.74) is 0. The highest BCUT2D eigenvalue weighted by Crippen LogP contribution is 2.15. The van der Waals surface area contributed by atoms with Crippen LogP contribution < -0.4 is 0 Å². The van der Waals surface area contributed by atoms with Gasteiger partial charge in [0.1, 0.15) is 0 Å². The topological polar surface area (TPSA) is 0 Å². The van der Waals surface area contributed by atoms with Gasteiger partial charge in [0.05, 0.1) is 0 Å². The summed E-state index contributed by atoms with van der Waals surface area (Å²) in [6.07, 6.45) is 8.86. The molecule has 0 atom stereocenters. The molecule has 0 nitrogen and oxygen atoms in total. The van der Waals surface area contributed by atoms with Crippen molar-refractivity contribution in [2.75, 3.05) is 0 Å². The molecule has 1 aliphatic rings. The molecule has 0 heterocycles. The highest BCUT2D eigenvalue weighted by atomic mass is 14.0. The maximum atomic E-state index is 2.26. The Labute approximate surface area is 78.8 Å². The second kappa shape index (κ2) is 7.64. The zero-order valence-corrected chi connectivity index (χ0v) is 9.40. The van der Waals surface area contributed by atoms with E-state index in [1.807, 2.05) is 0 Å². The molecule has 12 heavy (non-hydrogen) atoms. The van der Waals surface area contributed by atoms with Gasteiger partial charge in [0.2, 0.25) is 0 Å². The molecule has 0 aliphatic heterocycles. The van der Waals surface area contributed by atoms with Gasteiger partial charge >= 0.3 is 0 Å². The van der Waals surface area contributed by atoms with E-state index in [2.05, 4.69) is 27.7 Å². The van der Waals surface area contributed by atoms with Gasteiger partial charge in [-0.3, -0.25) is 0 Å². The third-order valence-electron chi connectivity index (χ3n) is 2.19. The van der Waals surface area contributed by atoms with Crippen LogP contribution in [0, 0.1) is 11.8 Å². The first-order valence-corrected chi connectivity index (χ1v) is 5.63. The van der Waals surface area contributed by atoms with Gasteiger partial charge in [-0.15, -0.1) is 0 Å². The smallest absolute Gasteiger partial charge is 0.0469 e. The van der Waals surface area contributed by atoms with E-state index < -0.39 is 0 Å². The summed E-state index contributed by atoms with van der Waals surface area (Å²) >= 11 is 0. The van der Waals surface area contributed by atoms with E-state index in [4.69, 9.17) is 0 Å². The molecule has 0 bridgehead atoms. The van der Waals surface area contributed by atoms with Gasteiger partial charge in [-0.25, -0.2) is 0 Å². The number of hydrogen-bond acceptors (Lipinski definition) is 0. The lowest BCUT2D eigenvalue weighted by atomic mass is 10.0. The van der Waals surface area contributed by atoms with Gasteiger partial charge in [0.15, 0.2) is 0 Å². The molecular weight excluding hydrogens is 144 g/mol. The van der Waals surface area contributed by atoms with Crippen LogP contribution in [-0.4, -0.2) is 0 Å². The Morgan fingerprint density at radius 1 is 0.667 bits per heavy atom. The van der Waals surface area contributed by atoms with E-state index in [1.54, 1.807) is 0 Å². The van der Waals surface area contributed by atoms with Crippen LogP contribution in [-0.2, 0) is 0 Å². The van der Waals surface area contributed by atoms with Crippen LogP contribution >= 0.6 is 0 Å². The van der Waals surface area contributed by atoms with Crippen LogP contribution in [0.15, 0.2) is 0 Å². The summed E-state index contributed by atoms with van der Waals surface area (Å²) in [7, 11) is 0. The van der Waals surface area contributed by atoms with Crippen molar-refractivity contribution in [2.45, 2.75) is 66.2 Å². The molecule has 1 fully saturated rings. The molecule has 0 unspecified atom stereocenters. The maximum Gasteiger partial charge on any atom is -0.0469 e. The number of rotatable bonds is 2. The molecule has 1 saturated carbocycles.